The second kappa shape index (κ2) is 6.59. The number of amides is 2. The Balaban J connectivity index is 2.63. The molecule has 0 saturated carbocycles. The van der Waals surface area contributed by atoms with Crippen molar-refractivity contribution in [3.05, 3.63) is 0 Å². The van der Waals surface area contributed by atoms with Crippen molar-refractivity contribution in [2.45, 2.75) is 32.7 Å². The largest absolute Gasteiger partial charge is 0.385 e. The van der Waals surface area contributed by atoms with Gasteiger partial charge in [0.1, 0.15) is 6.04 Å². The average Bonchev–Trinajstić information content (AvgIpc) is 2.27. The van der Waals surface area contributed by atoms with E-state index in [4.69, 9.17) is 4.74 Å². The van der Waals surface area contributed by atoms with Crippen LogP contribution in [0.3, 0.4) is 0 Å². The first-order chi connectivity index (χ1) is 8.06. The summed E-state index contributed by atoms with van der Waals surface area (Å²) in [5, 5.41) is 2.65. The number of hydrogen-bond acceptors (Lipinski definition) is 3. The Labute approximate surface area is 102 Å². The molecule has 1 unspecified atom stereocenters. The van der Waals surface area contributed by atoms with Gasteiger partial charge in [-0.1, -0.05) is 13.8 Å². The Bertz CT molecular complexity index is 279. The third kappa shape index (κ3) is 4.00. The van der Waals surface area contributed by atoms with Crippen molar-refractivity contribution in [3.8, 4) is 0 Å². The van der Waals surface area contributed by atoms with Crippen molar-refractivity contribution >= 4 is 11.8 Å². The Hall–Kier alpha value is -1.10. The van der Waals surface area contributed by atoms with Gasteiger partial charge in [-0.25, -0.2) is 0 Å². The highest BCUT2D eigenvalue weighted by atomic mass is 16.5. The molecule has 5 heteroatoms. The predicted molar refractivity (Wildman–Crippen MR) is 64.5 cm³/mol. The molecule has 0 radical (unpaired) electrons. The third-order valence-electron chi connectivity index (χ3n) is 2.86. The van der Waals surface area contributed by atoms with Crippen LogP contribution in [0.4, 0.5) is 0 Å². The summed E-state index contributed by atoms with van der Waals surface area (Å²) in [6.45, 7) is 5.44. The Morgan fingerprint density at radius 1 is 1.47 bits per heavy atom. The molecule has 1 aliphatic rings. The fraction of sp³-hybridized carbons (Fsp3) is 0.833. The number of carbonyl (C=O) groups is 2. The lowest BCUT2D eigenvalue weighted by Crippen LogP contribution is -2.58. The Morgan fingerprint density at radius 3 is 2.76 bits per heavy atom. The van der Waals surface area contributed by atoms with Crippen molar-refractivity contribution in [2.75, 3.05) is 26.8 Å². The van der Waals surface area contributed by atoms with Crippen molar-refractivity contribution in [2.24, 2.45) is 5.92 Å². The number of methoxy groups -OCH3 is 1. The number of piperazine rings is 1. The molecule has 1 atom stereocenters. The first kappa shape index (κ1) is 14.0. The SMILES string of the molecule is COCCCN1C(=O)CNC(=O)C1CC(C)C. The van der Waals surface area contributed by atoms with Gasteiger partial charge >= 0.3 is 0 Å². The highest BCUT2D eigenvalue weighted by Crippen LogP contribution is 2.15. The van der Waals surface area contributed by atoms with E-state index in [1.807, 2.05) is 0 Å². The van der Waals surface area contributed by atoms with Gasteiger partial charge in [-0.15, -0.1) is 0 Å². The van der Waals surface area contributed by atoms with Crippen molar-refractivity contribution in [3.63, 3.8) is 0 Å². The average molecular weight is 242 g/mol. The van der Waals surface area contributed by atoms with Crippen LogP contribution in [0.2, 0.25) is 0 Å². The molecular weight excluding hydrogens is 220 g/mol. The van der Waals surface area contributed by atoms with Gasteiger partial charge in [0.05, 0.1) is 6.54 Å². The highest BCUT2D eigenvalue weighted by Gasteiger charge is 2.34. The zero-order valence-electron chi connectivity index (χ0n) is 10.9. The molecular formula is C12H22N2O3. The van der Waals surface area contributed by atoms with Crippen LogP contribution in [0.25, 0.3) is 0 Å². The Morgan fingerprint density at radius 2 is 2.18 bits per heavy atom. The molecule has 2 amide bonds. The molecule has 5 nitrogen and oxygen atoms in total. The number of ether oxygens (including phenoxy) is 1. The maximum Gasteiger partial charge on any atom is 0.243 e. The van der Waals surface area contributed by atoms with Crippen molar-refractivity contribution in [1.29, 1.82) is 0 Å². The molecule has 1 N–H and O–H groups in total. The predicted octanol–water partition coefficient (Wildman–Crippen LogP) is 0.396. The normalized spacial score (nSPS) is 20.9. The molecule has 1 heterocycles. The fourth-order valence-electron chi connectivity index (χ4n) is 2.04. The fourth-order valence-corrected chi connectivity index (χ4v) is 2.04. The minimum atomic E-state index is -0.312. The first-order valence-electron chi connectivity index (χ1n) is 6.12. The summed E-state index contributed by atoms with van der Waals surface area (Å²) < 4.78 is 4.97. The van der Waals surface area contributed by atoms with Crippen LogP contribution in [-0.2, 0) is 14.3 Å². The van der Waals surface area contributed by atoms with Crippen LogP contribution in [0.1, 0.15) is 26.7 Å². The maximum atomic E-state index is 11.8. The standard InChI is InChI=1S/C12H22N2O3/c1-9(2)7-10-12(16)13-8-11(15)14(10)5-4-6-17-3/h9-10H,4-8H2,1-3H3,(H,13,16). The lowest BCUT2D eigenvalue weighted by Gasteiger charge is -2.35. The second-order valence-corrected chi connectivity index (χ2v) is 4.80. The molecule has 1 rings (SSSR count). The summed E-state index contributed by atoms with van der Waals surface area (Å²) in [7, 11) is 1.64. The number of nitrogens with one attached hydrogen (secondary N) is 1. The van der Waals surface area contributed by atoms with Gasteiger partial charge in [0.2, 0.25) is 11.8 Å². The van der Waals surface area contributed by atoms with Gasteiger partial charge in [-0.05, 0) is 18.8 Å². The lowest BCUT2D eigenvalue weighted by atomic mass is 9.99. The molecule has 1 aliphatic heterocycles. The van der Waals surface area contributed by atoms with Crippen LogP contribution < -0.4 is 5.32 Å². The van der Waals surface area contributed by atoms with Gasteiger partial charge < -0.3 is 15.0 Å². The van der Waals surface area contributed by atoms with Gasteiger partial charge in [0, 0.05) is 20.3 Å². The summed E-state index contributed by atoms with van der Waals surface area (Å²) in [5.74, 6) is 0.364. The highest BCUT2D eigenvalue weighted by molar-refractivity contribution is 5.94. The monoisotopic (exact) mass is 242 g/mol. The molecule has 0 spiro atoms. The molecule has 0 aliphatic carbocycles. The molecule has 1 fully saturated rings. The maximum absolute atomic E-state index is 11.8. The molecule has 0 aromatic rings. The quantitative estimate of drug-likeness (QED) is 0.686. The third-order valence-corrected chi connectivity index (χ3v) is 2.86. The van der Waals surface area contributed by atoms with Gasteiger partial charge in [0.15, 0.2) is 0 Å². The minimum absolute atomic E-state index is 0.00588. The first-order valence-corrected chi connectivity index (χ1v) is 6.12. The number of rotatable bonds is 6. The number of carbonyl (C=O) groups excluding carboxylic acids is 2. The Kier molecular flexibility index (Phi) is 5.41. The van der Waals surface area contributed by atoms with E-state index < -0.39 is 0 Å². The summed E-state index contributed by atoms with van der Waals surface area (Å²) in [5.41, 5.74) is 0. The molecule has 0 bridgehead atoms. The molecule has 17 heavy (non-hydrogen) atoms. The molecule has 98 valence electrons. The molecule has 0 aromatic heterocycles. The van der Waals surface area contributed by atoms with E-state index in [0.29, 0.717) is 25.5 Å². The number of hydrogen-bond donors (Lipinski definition) is 1. The number of nitrogens with zero attached hydrogens (tertiary/aromatic N) is 1. The summed E-state index contributed by atoms with van der Waals surface area (Å²) in [6.07, 6.45) is 1.48. The van der Waals surface area contributed by atoms with Crippen molar-refractivity contribution in [1.82, 2.24) is 10.2 Å². The smallest absolute Gasteiger partial charge is 0.243 e. The van der Waals surface area contributed by atoms with Crippen LogP contribution >= 0.6 is 0 Å². The van der Waals surface area contributed by atoms with Gasteiger partial charge in [-0.2, -0.15) is 0 Å². The minimum Gasteiger partial charge on any atom is -0.385 e. The zero-order valence-corrected chi connectivity index (χ0v) is 10.9. The van der Waals surface area contributed by atoms with E-state index in [0.717, 1.165) is 6.42 Å². The van der Waals surface area contributed by atoms with E-state index in [9.17, 15) is 9.59 Å². The zero-order chi connectivity index (χ0) is 12.8. The molecule has 0 aromatic carbocycles. The van der Waals surface area contributed by atoms with Gasteiger partial charge in [-0.3, -0.25) is 9.59 Å². The lowest BCUT2D eigenvalue weighted by molar-refractivity contribution is -0.146. The molecule has 1 saturated heterocycles. The van der Waals surface area contributed by atoms with E-state index >= 15 is 0 Å². The topological polar surface area (TPSA) is 58.6 Å². The summed E-state index contributed by atoms with van der Waals surface area (Å²) >= 11 is 0. The second-order valence-electron chi connectivity index (χ2n) is 4.80. The van der Waals surface area contributed by atoms with Crippen LogP contribution in [0.5, 0.6) is 0 Å². The van der Waals surface area contributed by atoms with E-state index in [1.54, 1.807) is 12.0 Å². The van der Waals surface area contributed by atoms with Gasteiger partial charge in [0.25, 0.3) is 0 Å². The summed E-state index contributed by atoms with van der Waals surface area (Å²) in [6, 6.07) is -0.312. The van der Waals surface area contributed by atoms with Crippen LogP contribution in [-0.4, -0.2) is 49.6 Å². The van der Waals surface area contributed by atoms with Crippen molar-refractivity contribution < 1.29 is 14.3 Å². The van der Waals surface area contributed by atoms with E-state index in [-0.39, 0.29) is 24.4 Å². The van der Waals surface area contributed by atoms with E-state index in [2.05, 4.69) is 19.2 Å². The van der Waals surface area contributed by atoms with Crippen LogP contribution in [0, 0.1) is 5.92 Å². The van der Waals surface area contributed by atoms with Crippen LogP contribution in [0.15, 0.2) is 0 Å². The van der Waals surface area contributed by atoms with E-state index in [1.165, 1.54) is 0 Å². The summed E-state index contributed by atoms with van der Waals surface area (Å²) in [4.78, 5) is 25.3.